The normalized spacial score (nSPS) is 12.9. The van der Waals surface area contributed by atoms with Gasteiger partial charge in [-0.2, -0.15) is 5.26 Å². The maximum Gasteiger partial charge on any atom is 0.328 e. The Morgan fingerprint density at radius 1 is 1.36 bits per heavy atom. The molecule has 0 unspecified atom stereocenters. The Morgan fingerprint density at radius 3 is 2.59 bits per heavy atom. The van der Waals surface area contributed by atoms with Gasteiger partial charge in [0.2, 0.25) is 5.91 Å². The fourth-order valence-corrected chi connectivity index (χ4v) is 1.84. The number of esters is 1. The number of hydrogen-bond donors (Lipinski definition) is 1. The molecule has 5 nitrogen and oxygen atoms in total. The predicted octanol–water partition coefficient (Wildman–Crippen LogP) is 1.71. The SMILES string of the molecule is COC(=O)[C@@H](C[C@H](C)C#N)NC(=O)Cc1ccc(F)c(F)c1. The third-order valence-electron chi connectivity index (χ3n) is 2.98. The van der Waals surface area contributed by atoms with Crippen LogP contribution in [0.25, 0.3) is 0 Å². The molecule has 0 saturated carbocycles. The van der Waals surface area contributed by atoms with Crippen molar-refractivity contribution in [3.63, 3.8) is 0 Å². The molecule has 118 valence electrons. The van der Waals surface area contributed by atoms with Gasteiger partial charge in [0.15, 0.2) is 11.6 Å². The minimum atomic E-state index is -1.05. The van der Waals surface area contributed by atoms with Gasteiger partial charge in [-0.3, -0.25) is 4.79 Å². The van der Waals surface area contributed by atoms with Crippen molar-refractivity contribution in [3.8, 4) is 6.07 Å². The molecule has 0 heterocycles. The number of carbonyl (C=O) groups is 2. The number of nitriles is 1. The molecule has 2 atom stereocenters. The van der Waals surface area contributed by atoms with E-state index in [1.54, 1.807) is 6.92 Å². The van der Waals surface area contributed by atoms with E-state index in [2.05, 4.69) is 10.1 Å². The third-order valence-corrected chi connectivity index (χ3v) is 2.98. The molecule has 1 rings (SSSR count). The van der Waals surface area contributed by atoms with Gasteiger partial charge in [0, 0.05) is 5.92 Å². The zero-order valence-electron chi connectivity index (χ0n) is 12.2. The van der Waals surface area contributed by atoms with Crippen LogP contribution in [0.3, 0.4) is 0 Å². The Labute approximate surface area is 126 Å². The largest absolute Gasteiger partial charge is 0.467 e. The van der Waals surface area contributed by atoms with Crippen LogP contribution in [0.4, 0.5) is 8.78 Å². The number of ether oxygens (including phenoxy) is 1. The average molecular weight is 310 g/mol. The Hall–Kier alpha value is -2.49. The van der Waals surface area contributed by atoms with Crippen molar-refractivity contribution in [3.05, 3.63) is 35.4 Å². The fraction of sp³-hybridized carbons (Fsp3) is 0.400. The lowest BCUT2D eigenvalue weighted by molar-refractivity contribution is -0.145. The summed E-state index contributed by atoms with van der Waals surface area (Å²) >= 11 is 0. The van der Waals surface area contributed by atoms with Crippen LogP contribution >= 0.6 is 0 Å². The summed E-state index contributed by atoms with van der Waals surface area (Å²) in [5.41, 5.74) is 0.272. The van der Waals surface area contributed by atoms with E-state index in [1.165, 1.54) is 13.2 Å². The number of hydrogen-bond acceptors (Lipinski definition) is 4. The molecule has 0 aliphatic rings. The number of halogens is 2. The van der Waals surface area contributed by atoms with Crippen LogP contribution in [0.2, 0.25) is 0 Å². The van der Waals surface area contributed by atoms with E-state index in [0.717, 1.165) is 12.1 Å². The van der Waals surface area contributed by atoms with E-state index in [0.29, 0.717) is 0 Å². The molecule has 1 aromatic rings. The van der Waals surface area contributed by atoms with Crippen LogP contribution in [0.5, 0.6) is 0 Å². The van der Waals surface area contributed by atoms with Gasteiger partial charge in [0.1, 0.15) is 6.04 Å². The van der Waals surface area contributed by atoms with Crippen LogP contribution in [-0.2, 0) is 20.7 Å². The highest BCUT2D eigenvalue weighted by atomic mass is 19.2. The van der Waals surface area contributed by atoms with E-state index in [4.69, 9.17) is 5.26 Å². The maximum atomic E-state index is 13.1. The average Bonchev–Trinajstić information content (AvgIpc) is 2.49. The van der Waals surface area contributed by atoms with Crippen molar-refractivity contribution in [2.24, 2.45) is 5.92 Å². The van der Waals surface area contributed by atoms with E-state index in [-0.39, 0.29) is 18.4 Å². The second-order valence-corrected chi connectivity index (χ2v) is 4.83. The van der Waals surface area contributed by atoms with E-state index >= 15 is 0 Å². The third kappa shape index (κ3) is 5.13. The smallest absolute Gasteiger partial charge is 0.328 e. The van der Waals surface area contributed by atoms with Crippen molar-refractivity contribution in [2.75, 3.05) is 7.11 Å². The number of methoxy groups -OCH3 is 1. The molecule has 0 spiro atoms. The summed E-state index contributed by atoms with van der Waals surface area (Å²) in [7, 11) is 1.17. The van der Waals surface area contributed by atoms with Gasteiger partial charge in [-0.15, -0.1) is 0 Å². The molecule has 0 bridgehead atoms. The van der Waals surface area contributed by atoms with Gasteiger partial charge < -0.3 is 10.1 Å². The van der Waals surface area contributed by atoms with E-state index in [9.17, 15) is 18.4 Å². The molecular formula is C15H16F2N2O3. The van der Waals surface area contributed by atoms with E-state index in [1.807, 2.05) is 6.07 Å². The fourth-order valence-electron chi connectivity index (χ4n) is 1.84. The summed E-state index contributed by atoms with van der Waals surface area (Å²) in [6.45, 7) is 1.61. The maximum absolute atomic E-state index is 13.1. The van der Waals surface area contributed by atoms with Gasteiger partial charge in [-0.05, 0) is 31.0 Å². The summed E-state index contributed by atoms with van der Waals surface area (Å²) in [6, 6.07) is 4.12. The highest BCUT2D eigenvalue weighted by Crippen LogP contribution is 2.10. The minimum Gasteiger partial charge on any atom is -0.467 e. The van der Waals surface area contributed by atoms with Crippen LogP contribution in [0.1, 0.15) is 18.9 Å². The molecule has 0 radical (unpaired) electrons. The second kappa shape index (κ2) is 8.08. The van der Waals surface area contributed by atoms with Crippen molar-refractivity contribution in [2.45, 2.75) is 25.8 Å². The van der Waals surface area contributed by atoms with Crippen molar-refractivity contribution in [1.29, 1.82) is 5.26 Å². The predicted molar refractivity (Wildman–Crippen MR) is 73.4 cm³/mol. The Morgan fingerprint density at radius 2 is 2.05 bits per heavy atom. The number of nitrogens with one attached hydrogen (secondary N) is 1. The first-order chi connectivity index (χ1) is 10.4. The van der Waals surface area contributed by atoms with Crippen molar-refractivity contribution < 1.29 is 23.1 Å². The number of benzene rings is 1. The summed E-state index contributed by atoms with van der Waals surface area (Å²) < 4.78 is 30.5. The van der Waals surface area contributed by atoms with Crippen LogP contribution in [0.15, 0.2) is 18.2 Å². The summed E-state index contributed by atoms with van der Waals surface area (Å²) in [6.07, 6.45) is -0.113. The second-order valence-electron chi connectivity index (χ2n) is 4.83. The van der Waals surface area contributed by atoms with Crippen molar-refractivity contribution in [1.82, 2.24) is 5.32 Å². The highest BCUT2D eigenvalue weighted by molar-refractivity contribution is 5.85. The number of rotatable bonds is 6. The molecule has 1 N–H and O–H groups in total. The Balaban J connectivity index is 2.72. The first kappa shape index (κ1) is 17.6. The molecule has 0 aromatic heterocycles. The molecule has 22 heavy (non-hydrogen) atoms. The molecule has 1 aromatic carbocycles. The number of carbonyl (C=O) groups excluding carboxylic acids is 2. The quantitative estimate of drug-likeness (QED) is 0.811. The van der Waals surface area contributed by atoms with E-state index < -0.39 is 35.5 Å². The number of nitrogens with zero attached hydrogens (tertiary/aromatic N) is 1. The zero-order chi connectivity index (χ0) is 16.7. The van der Waals surface area contributed by atoms with Gasteiger partial charge in [-0.1, -0.05) is 6.07 Å². The van der Waals surface area contributed by atoms with Gasteiger partial charge in [0.25, 0.3) is 0 Å². The monoisotopic (exact) mass is 310 g/mol. The lowest BCUT2D eigenvalue weighted by Gasteiger charge is -2.17. The molecule has 0 aliphatic carbocycles. The highest BCUT2D eigenvalue weighted by Gasteiger charge is 2.24. The first-order valence-corrected chi connectivity index (χ1v) is 6.58. The van der Waals surface area contributed by atoms with Gasteiger partial charge >= 0.3 is 5.97 Å². The van der Waals surface area contributed by atoms with Crippen LogP contribution < -0.4 is 5.32 Å². The molecule has 1 amide bonds. The first-order valence-electron chi connectivity index (χ1n) is 6.58. The summed E-state index contributed by atoms with van der Waals surface area (Å²) in [5, 5.41) is 11.2. The lowest BCUT2D eigenvalue weighted by atomic mass is 10.0. The Kier molecular flexibility index (Phi) is 6.45. The van der Waals surface area contributed by atoms with Crippen molar-refractivity contribution >= 4 is 11.9 Å². The number of amides is 1. The molecule has 0 fully saturated rings. The lowest BCUT2D eigenvalue weighted by Crippen LogP contribution is -2.43. The standard InChI is InChI=1S/C15H16F2N2O3/c1-9(8-18)5-13(15(21)22-2)19-14(20)7-10-3-4-11(16)12(17)6-10/h3-4,6,9,13H,5,7H2,1-2H3,(H,19,20)/t9-,13+/m0/s1. The van der Waals surface area contributed by atoms with Gasteiger partial charge in [0.05, 0.1) is 19.6 Å². The zero-order valence-corrected chi connectivity index (χ0v) is 12.2. The van der Waals surface area contributed by atoms with Gasteiger partial charge in [-0.25, -0.2) is 13.6 Å². The van der Waals surface area contributed by atoms with Crippen LogP contribution in [-0.4, -0.2) is 25.0 Å². The summed E-state index contributed by atoms with van der Waals surface area (Å²) in [5.74, 6) is -3.72. The molecule has 0 saturated heterocycles. The molecule has 7 heteroatoms. The summed E-state index contributed by atoms with van der Waals surface area (Å²) in [4.78, 5) is 23.5. The Bertz CT molecular complexity index is 599. The van der Waals surface area contributed by atoms with Crippen LogP contribution in [0, 0.1) is 28.9 Å². The minimum absolute atomic E-state index is 0.104. The molecular weight excluding hydrogens is 294 g/mol. The molecule has 0 aliphatic heterocycles. The topological polar surface area (TPSA) is 79.2 Å².